The van der Waals surface area contributed by atoms with Gasteiger partial charge in [0.2, 0.25) is 0 Å². The molecule has 0 saturated carbocycles. The van der Waals surface area contributed by atoms with E-state index >= 15 is 0 Å². The normalized spacial score (nSPS) is 18.6. The number of carboxylic acid groups (broad SMARTS) is 1. The molecular weight excluding hydrogens is 298 g/mol. The molecule has 0 bridgehead atoms. The van der Waals surface area contributed by atoms with Crippen LogP contribution in [0.2, 0.25) is 0 Å². The lowest BCUT2D eigenvalue weighted by Crippen LogP contribution is -2.50. The maximum Gasteiger partial charge on any atom is 0.410 e. The van der Waals surface area contributed by atoms with Gasteiger partial charge in [-0.05, 0) is 53.9 Å². The molecule has 1 N–H and O–H groups in total. The monoisotopic (exact) mass is 329 g/mol. The van der Waals surface area contributed by atoms with Gasteiger partial charge in [0.1, 0.15) is 5.60 Å². The van der Waals surface area contributed by atoms with Crippen LogP contribution in [0, 0.1) is 5.41 Å². The van der Waals surface area contributed by atoms with E-state index in [1.807, 2.05) is 27.7 Å². The fourth-order valence-corrected chi connectivity index (χ4v) is 2.42. The van der Waals surface area contributed by atoms with Gasteiger partial charge in [-0.3, -0.25) is 4.79 Å². The van der Waals surface area contributed by atoms with Crippen LogP contribution in [-0.2, 0) is 14.3 Å². The standard InChI is InChI=1S/C17H31NO5/c1-7-17(22-12-16(5,6)13(19)20)8-10-18(11-9-17)14(21)23-15(2,3)4/h7-12H2,1-6H3,(H,19,20). The predicted octanol–water partition coefficient (Wildman–Crippen LogP) is 3.29. The summed E-state index contributed by atoms with van der Waals surface area (Å²) in [6.07, 6.45) is 1.88. The third kappa shape index (κ3) is 5.68. The second-order valence-electron chi connectivity index (χ2n) is 7.98. The first kappa shape index (κ1) is 19.7. The van der Waals surface area contributed by atoms with E-state index in [0.29, 0.717) is 25.9 Å². The van der Waals surface area contributed by atoms with Gasteiger partial charge in [0.05, 0.1) is 17.6 Å². The Morgan fingerprint density at radius 2 is 1.65 bits per heavy atom. The second-order valence-corrected chi connectivity index (χ2v) is 7.98. The Balaban J connectivity index is 2.60. The topological polar surface area (TPSA) is 76.1 Å². The van der Waals surface area contributed by atoms with Crippen molar-refractivity contribution >= 4 is 12.1 Å². The van der Waals surface area contributed by atoms with Crippen molar-refractivity contribution in [3.8, 4) is 0 Å². The van der Waals surface area contributed by atoms with Crippen LogP contribution in [0.15, 0.2) is 0 Å². The van der Waals surface area contributed by atoms with Gasteiger partial charge in [0, 0.05) is 13.1 Å². The summed E-state index contributed by atoms with van der Waals surface area (Å²) in [6.45, 7) is 12.2. The van der Waals surface area contributed by atoms with E-state index in [1.54, 1.807) is 18.7 Å². The minimum atomic E-state index is -0.912. The number of carbonyl (C=O) groups excluding carboxylic acids is 1. The fourth-order valence-electron chi connectivity index (χ4n) is 2.42. The molecule has 1 rings (SSSR count). The van der Waals surface area contributed by atoms with E-state index in [0.717, 1.165) is 6.42 Å². The van der Waals surface area contributed by atoms with Gasteiger partial charge in [-0.1, -0.05) is 6.92 Å². The molecule has 0 aliphatic carbocycles. The first-order valence-corrected chi connectivity index (χ1v) is 8.26. The largest absolute Gasteiger partial charge is 0.481 e. The molecule has 0 aromatic carbocycles. The van der Waals surface area contributed by atoms with Gasteiger partial charge in [0.25, 0.3) is 0 Å². The number of piperidine rings is 1. The minimum Gasteiger partial charge on any atom is -0.481 e. The van der Waals surface area contributed by atoms with Gasteiger partial charge >= 0.3 is 12.1 Å². The van der Waals surface area contributed by atoms with Crippen molar-refractivity contribution in [2.45, 2.75) is 72.0 Å². The molecule has 1 heterocycles. The molecule has 6 nitrogen and oxygen atoms in total. The predicted molar refractivity (Wildman–Crippen MR) is 87.4 cm³/mol. The Hall–Kier alpha value is -1.30. The second kappa shape index (κ2) is 7.07. The molecule has 0 aromatic rings. The number of likely N-dealkylation sites (tertiary alicyclic amines) is 1. The number of amides is 1. The zero-order chi connectivity index (χ0) is 17.9. The number of nitrogens with zero attached hydrogens (tertiary/aromatic N) is 1. The number of hydrogen-bond donors (Lipinski definition) is 1. The summed E-state index contributed by atoms with van der Waals surface area (Å²) in [7, 11) is 0. The summed E-state index contributed by atoms with van der Waals surface area (Å²) in [4.78, 5) is 25.0. The number of ether oxygens (including phenoxy) is 2. The van der Waals surface area contributed by atoms with E-state index in [9.17, 15) is 14.7 Å². The van der Waals surface area contributed by atoms with Crippen LogP contribution >= 0.6 is 0 Å². The van der Waals surface area contributed by atoms with Gasteiger partial charge in [-0.15, -0.1) is 0 Å². The van der Waals surface area contributed by atoms with Crippen molar-refractivity contribution in [1.82, 2.24) is 4.90 Å². The summed E-state index contributed by atoms with van der Waals surface area (Å²) in [6, 6.07) is 0. The average Bonchev–Trinajstić information content (AvgIpc) is 2.44. The first-order valence-electron chi connectivity index (χ1n) is 8.26. The van der Waals surface area contributed by atoms with E-state index in [4.69, 9.17) is 9.47 Å². The summed E-state index contributed by atoms with van der Waals surface area (Å²) in [5, 5.41) is 9.20. The van der Waals surface area contributed by atoms with E-state index in [2.05, 4.69) is 0 Å². The van der Waals surface area contributed by atoms with Crippen molar-refractivity contribution in [1.29, 1.82) is 0 Å². The lowest BCUT2D eigenvalue weighted by molar-refractivity contribution is -0.159. The number of carboxylic acids is 1. The maximum absolute atomic E-state index is 12.1. The van der Waals surface area contributed by atoms with Crippen LogP contribution in [0.1, 0.15) is 60.8 Å². The number of hydrogen-bond acceptors (Lipinski definition) is 4. The van der Waals surface area contributed by atoms with E-state index < -0.39 is 17.0 Å². The summed E-state index contributed by atoms with van der Waals surface area (Å²) < 4.78 is 11.4. The summed E-state index contributed by atoms with van der Waals surface area (Å²) in [5.74, 6) is -0.866. The molecule has 23 heavy (non-hydrogen) atoms. The summed E-state index contributed by atoms with van der Waals surface area (Å²) in [5.41, 5.74) is -1.77. The molecule has 0 spiro atoms. The van der Waals surface area contributed by atoms with Gasteiger partial charge < -0.3 is 19.5 Å². The van der Waals surface area contributed by atoms with Crippen molar-refractivity contribution in [3.05, 3.63) is 0 Å². The van der Waals surface area contributed by atoms with Crippen LogP contribution in [-0.4, -0.2) is 53.0 Å². The molecule has 1 fully saturated rings. The highest BCUT2D eigenvalue weighted by Crippen LogP contribution is 2.32. The zero-order valence-corrected chi connectivity index (χ0v) is 15.3. The molecule has 1 aliphatic heterocycles. The molecule has 1 saturated heterocycles. The highest BCUT2D eigenvalue weighted by molar-refractivity contribution is 5.73. The van der Waals surface area contributed by atoms with E-state index in [-0.39, 0.29) is 18.3 Å². The third-order valence-electron chi connectivity index (χ3n) is 4.29. The van der Waals surface area contributed by atoms with Crippen molar-refractivity contribution < 1.29 is 24.2 Å². The van der Waals surface area contributed by atoms with Crippen molar-refractivity contribution in [2.24, 2.45) is 5.41 Å². The Kier molecular flexibility index (Phi) is 6.07. The molecule has 0 aromatic heterocycles. The molecule has 1 amide bonds. The van der Waals surface area contributed by atoms with E-state index in [1.165, 1.54) is 0 Å². The lowest BCUT2D eigenvalue weighted by atomic mass is 9.87. The van der Waals surface area contributed by atoms with Gasteiger partial charge in [-0.25, -0.2) is 4.79 Å². The van der Waals surface area contributed by atoms with Gasteiger partial charge in [0.15, 0.2) is 0 Å². The highest BCUT2D eigenvalue weighted by atomic mass is 16.6. The zero-order valence-electron chi connectivity index (χ0n) is 15.3. The van der Waals surface area contributed by atoms with Crippen LogP contribution in [0.5, 0.6) is 0 Å². The number of rotatable bonds is 5. The quantitative estimate of drug-likeness (QED) is 0.837. The van der Waals surface area contributed by atoms with Crippen molar-refractivity contribution in [2.75, 3.05) is 19.7 Å². The number of carbonyl (C=O) groups is 2. The first-order chi connectivity index (χ1) is 10.4. The SMILES string of the molecule is CCC1(OCC(C)(C)C(=O)O)CCN(C(=O)OC(C)(C)C)CC1. The Morgan fingerprint density at radius 1 is 1.13 bits per heavy atom. The molecule has 0 radical (unpaired) electrons. The molecule has 1 aliphatic rings. The Morgan fingerprint density at radius 3 is 2.04 bits per heavy atom. The van der Waals surface area contributed by atoms with Crippen molar-refractivity contribution in [3.63, 3.8) is 0 Å². The van der Waals surface area contributed by atoms with Crippen LogP contribution in [0.4, 0.5) is 4.79 Å². The molecule has 0 unspecified atom stereocenters. The van der Waals surface area contributed by atoms with Crippen LogP contribution < -0.4 is 0 Å². The summed E-state index contributed by atoms with van der Waals surface area (Å²) >= 11 is 0. The highest BCUT2D eigenvalue weighted by Gasteiger charge is 2.39. The third-order valence-corrected chi connectivity index (χ3v) is 4.29. The fraction of sp³-hybridized carbons (Fsp3) is 0.882. The Labute approximate surface area is 139 Å². The smallest absolute Gasteiger partial charge is 0.410 e. The molecule has 0 atom stereocenters. The van der Waals surface area contributed by atoms with Gasteiger partial charge in [-0.2, -0.15) is 0 Å². The Bertz CT molecular complexity index is 431. The molecule has 6 heteroatoms. The number of aliphatic carboxylic acids is 1. The van der Waals surface area contributed by atoms with Crippen LogP contribution in [0.3, 0.4) is 0 Å². The molecule has 134 valence electrons. The maximum atomic E-state index is 12.1. The minimum absolute atomic E-state index is 0.169. The molecular formula is C17H31NO5. The average molecular weight is 329 g/mol. The van der Waals surface area contributed by atoms with Crippen LogP contribution in [0.25, 0.3) is 0 Å². The lowest BCUT2D eigenvalue weighted by Gasteiger charge is -2.42.